The lowest BCUT2D eigenvalue weighted by Gasteiger charge is -2.36. The van der Waals surface area contributed by atoms with E-state index >= 15 is 0 Å². The van der Waals surface area contributed by atoms with Gasteiger partial charge in [0.25, 0.3) is 0 Å². The Bertz CT molecular complexity index is 1300. The third kappa shape index (κ3) is 5.06. The van der Waals surface area contributed by atoms with Gasteiger partial charge in [-0.3, -0.25) is 4.68 Å². The van der Waals surface area contributed by atoms with E-state index in [1.165, 1.54) is 7.11 Å². The Morgan fingerprint density at radius 2 is 1.86 bits per heavy atom. The predicted molar refractivity (Wildman–Crippen MR) is 152 cm³/mol. The van der Waals surface area contributed by atoms with Gasteiger partial charge in [0.15, 0.2) is 8.32 Å². The molecule has 6 nitrogen and oxygen atoms in total. The maximum atomic E-state index is 13.0. The molecule has 196 valence electrons. The van der Waals surface area contributed by atoms with Crippen LogP contribution in [0.25, 0.3) is 22.2 Å². The summed E-state index contributed by atoms with van der Waals surface area (Å²) in [4.78, 5) is 13.0. The fourth-order valence-electron chi connectivity index (χ4n) is 4.44. The first-order valence-electron chi connectivity index (χ1n) is 12.5. The Labute approximate surface area is 221 Å². The zero-order valence-electron chi connectivity index (χ0n) is 23.2. The Morgan fingerprint density at radius 1 is 1.19 bits per heavy atom. The quantitative estimate of drug-likeness (QED) is 0.125. The van der Waals surface area contributed by atoms with Crippen molar-refractivity contribution in [2.24, 2.45) is 0 Å². The maximum Gasteiger partial charge on any atom is 0.354 e. The Balaban J connectivity index is 2.15. The minimum absolute atomic E-state index is 0.150. The van der Waals surface area contributed by atoms with Crippen molar-refractivity contribution in [3.63, 3.8) is 0 Å². The van der Waals surface area contributed by atoms with Gasteiger partial charge in [-0.15, -0.1) is 6.58 Å². The molecular weight excluding hydrogens is 490 g/mol. The van der Waals surface area contributed by atoms with E-state index < -0.39 is 8.32 Å². The molecule has 0 atom stereocenters. The number of nitrogens with zero attached hydrogens (tertiary/aromatic N) is 3. The van der Waals surface area contributed by atoms with Crippen LogP contribution in [0.15, 0.2) is 24.8 Å². The average molecular weight is 530 g/mol. The molecule has 0 aliphatic heterocycles. The summed E-state index contributed by atoms with van der Waals surface area (Å²) in [5, 5.41) is 6.43. The van der Waals surface area contributed by atoms with Crippen LogP contribution in [0.4, 0.5) is 0 Å². The Morgan fingerprint density at radius 3 is 2.44 bits per heavy atom. The topological polar surface area (TPSA) is 58.3 Å². The van der Waals surface area contributed by atoms with Crippen LogP contribution < -0.4 is 0 Å². The molecule has 0 bridgehead atoms. The standard InChI is InChI=1S/C28H40ClN3O3Si/c1-11-15-32-25(18(2)20(4)30-32)24-21(29)13-14-22-23(24)19(3)26(27(33)34-8)31(22)16-12-17-35-36(9,10)28(5,6)7/h11,13-14H,1,12,15-17H2,2-10H3. The third-order valence-corrected chi connectivity index (χ3v) is 12.4. The molecule has 36 heavy (non-hydrogen) atoms. The van der Waals surface area contributed by atoms with Crippen LogP contribution in [0.3, 0.4) is 0 Å². The zero-order valence-corrected chi connectivity index (χ0v) is 25.0. The molecule has 0 aliphatic rings. The van der Waals surface area contributed by atoms with Gasteiger partial charge < -0.3 is 13.7 Å². The maximum absolute atomic E-state index is 13.0. The molecule has 3 rings (SSSR count). The van der Waals surface area contributed by atoms with E-state index in [2.05, 4.69) is 51.9 Å². The number of methoxy groups -OCH3 is 1. The van der Waals surface area contributed by atoms with E-state index in [0.717, 1.165) is 45.4 Å². The number of ether oxygens (including phenoxy) is 1. The summed E-state index contributed by atoms with van der Waals surface area (Å²) in [5.41, 5.74) is 6.17. The summed E-state index contributed by atoms with van der Waals surface area (Å²) >= 11 is 6.85. The molecular formula is C28H40ClN3O3Si. The molecule has 0 unspecified atom stereocenters. The first-order chi connectivity index (χ1) is 16.8. The fourth-order valence-corrected chi connectivity index (χ4v) is 5.78. The number of aryl methyl sites for hydroxylation is 3. The molecule has 0 fully saturated rings. The summed E-state index contributed by atoms with van der Waals surface area (Å²) in [6, 6.07) is 3.90. The highest BCUT2D eigenvalue weighted by Gasteiger charge is 2.37. The summed E-state index contributed by atoms with van der Waals surface area (Å²) in [5.74, 6) is -0.358. The second-order valence-corrected chi connectivity index (χ2v) is 16.1. The smallest absolute Gasteiger partial charge is 0.354 e. The van der Waals surface area contributed by atoms with E-state index in [1.807, 2.05) is 36.7 Å². The van der Waals surface area contributed by atoms with Crippen molar-refractivity contribution < 1.29 is 14.0 Å². The van der Waals surface area contributed by atoms with E-state index in [4.69, 9.17) is 25.9 Å². The highest BCUT2D eigenvalue weighted by Crippen LogP contribution is 2.42. The number of fused-ring (bicyclic) bond motifs is 1. The van der Waals surface area contributed by atoms with Crippen molar-refractivity contribution in [1.29, 1.82) is 0 Å². The molecule has 0 saturated carbocycles. The van der Waals surface area contributed by atoms with Gasteiger partial charge in [-0.2, -0.15) is 5.10 Å². The monoisotopic (exact) mass is 529 g/mol. The average Bonchev–Trinajstić information content (AvgIpc) is 3.23. The van der Waals surface area contributed by atoms with Gasteiger partial charge in [0.2, 0.25) is 0 Å². The summed E-state index contributed by atoms with van der Waals surface area (Å²) in [6.07, 6.45) is 2.61. The van der Waals surface area contributed by atoms with Crippen molar-refractivity contribution in [2.45, 2.75) is 79.2 Å². The molecule has 3 aromatic rings. The van der Waals surface area contributed by atoms with Crippen LogP contribution in [-0.2, 0) is 22.3 Å². The molecule has 8 heteroatoms. The molecule has 1 aromatic carbocycles. The summed E-state index contributed by atoms with van der Waals surface area (Å²) in [6.45, 7) is 23.0. The molecule has 2 heterocycles. The van der Waals surface area contributed by atoms with Gasteiger partial charge in [-0.25, -0.2) is 4.79 Å². The molecule has 2 aromatic heterocycles. The summed E-state index contributed by atoms with van der Waals surface area (Å²) in [7, 11) is -0.427. The molecule has 0 radical (unpaired) electrons. The number of carbonyl (C=O) groups excluding carboxylic acids is 1. The van der Waals surface area contributed by atoms with Crippen molar-refractivity contribution in [2.75, 3.05) is 13.7 Å². The number of aromatic nitrogens is 3. The van der Waals surface area contributed by atoms with E-state index in [9.17, 15) is 4.79 Å². The zero-order chi connectivity index (χ0) is 27.0. The van der Waals surface area contributed by atoms with E-state index in [1.54, 1.807) is 0 Å². The second-order valence-electron chi connectivity index (χ2n) is 10.9. The number of hydrogen-bond acceptors (Lipinski definition) is 4. The molecule has 0 N–H and O–H groups in total. The first kappa shape index (κ1) is 28.2. The number of allylic oxidation sites excluding steroid dienone is 1. The van der Waals surface area contributed by atoms with Crippen molar-refractivity contribution >= 4 is 36.8 Å². The van der Waals surface area contributed by atoms with Crippen LogP contribution in [0.5, 0.6) is 0 Å². The molecule has 0 aliphatic carbocycles. The van der Waals surface area contributed by atoms with Gasteiger partial charge in [0, 0.05) is 29.6 Å². The minimum atomic E-state index is -1.85. The largest absolute Gasteiger partial charge is 0.464 e. The SMILES string of the molecule is C=CCn1nc(C)c(C)c1-c1c(Cl)ccc2c1c(C)c(C(=O)OC)n2CCCO[Si](C)(C)C(C)(C)C. The van der Waals surface area contributed by atoms with Gasteiger partial charge in [0.05, 0.1) is 30.1 Å². The molecule has 0 saturated heterocycles. The van der Waals surface area contributed by atoms with Crippen molar-refractivity contribution in [1.82, 2.24) is 14.3 Å². The van der Waals surface area contributed by atoms with Gasteiger partial charge in [0.1, 0.15) is 5.69 Å². The van der Waals surface area contributed by atoms with Gasteiger partial charge in [-0.1, -0.05) is 38.4 Å². The van der Waals surface area contributed by atoms with Crippen molar-refractivity contribution in [3.05, 3.63) is 52.3 Å². The van der Waals surface area contributed by atoms with Crippen molar-refractivity contribution in [3.8, 4) is 11.3 Å². The van der Waals surface area contributed by atoms with Crippen LogP contribution in [0.2, 0.25) is 23.2 Å². The van der Waals surface area contributed by atoms with Crippen LogP contribution >= 0.6 is 11.6 Å². The minimum Gasteiger partial charge on any atom is -0.464 e. The number of carbonyl (C=O) groups is 1. The summed E-state index contributed by atoms with van der Waals surface area (Å²) < 4.78 is 15.6. The molecule has 0 spiro atoms. The van der Waals surface area contributed by atoms with Gasteiger partial charge in [-0.05, 0) is 68.6 Å². The first-order valence-corrected chi connectivity index (χ1v) is 15.7. The van der Waals surface area contributed by atoms with E-state index in [0.29, 0.717) is 30.4 Å². The van der Waals surface area contributed by atoms with Gasteiger partial charge >= 0.3 is 5.97 Å². The Kier molecular flexibility index (Phi) is 8.28. The third-order valence-electron chi connectivity index (χ3n) is 7.56. The lowest BCUT2D eigenvalue weighted by atomic mass is 9.99. The highest BCUT2D eigenvalue weighted by molar-refractivity contribution is 6.74. The normalized spacial score (nSPS) is 12.4. The number of halogens is 1. The number of benzene rings is 1. The Hall–Kier alpha value is -2.35. The number of hydrogen-bond donors (Lipinski definition) is 0. The number of esters is 1. The lowest BCUT2D eigenvalue weighted by molar-refractivity contribution is 0.0587. The second kappa shape index (κ2) is 10.6. The fraction of sp³-hybridized carbons (Fsp3) is 0.500. The number of rotatable bonds is 9. The van der Waals surface area contributed by atoms with Crippen LogP contribution in [0.1, 0.15) is 54.5 Å². The highest BCUT2D eigenvalue weighted by atomic mass is 35.5. The van der Waals surface area contributed by atoms with E-state index in [-0.39, 0.29) is 11.0 Å². The predicted octanol–water partition coefficient (Wildman–Crippen LogP) is 7.47. The lowest BCUT2D eigenvalue weighted by Crippen LogP contribution is -2.41. The molecule has 0 amide bonds. The van der Waals surface area contributed by atoms with Crippen LogP contribution in [0, 0.1) is 20.8 Å². The van der Waals surface area contributed by atoms with Crippen LogP contribution in [-0.4, -0.2) is 42.4 Å².